The van der Waals surface area contributed by atoms with Gasteiger partial charge in [0.2, 0.25) is 5.91 Å². The maximum atomic E-state index is 12.4. The summed E-state index contributed by atoms with van der Waals surface area (Å²) >= 11 is 0. The van der Waals surface area contributed by atoms with Crippen LogP contribution < -0.4 is 20.5 Å². The van der Waals surface area contributed by atoms with Gasteiger partial charge in [0.1, 0.15) is 0 Å². The first-order valence-corrected chi connectivity index (χ1v) is 7.48. The zero-order chi connectivity index (χ0) is 17.4. The number of benzene rings is 1. The van der Waals surface area contributed by atoms with Crippen LogP contribution in [0.4, 0.5) is 8.78 Å². The van der Waals surface area contributed by atoms with Crippen molar-refractivity contribution in [2.45, 2.75) is 39.3 Å². The van der Waals surface area contributed by atoms with Crippen LogP contribution in [0.2, 0.25) is 0 Å². The van der Waals surface area contributed by atoms with E-state index in [0.29, 0.717) is 25.3 Å². The molecule has 1 amide bonds. The van der Waals surface area contributed by atoms with Gasteiger partial charge in [0.05, 0.1) is 13.2 Å². The average molecular weight is 367 g/mol. The predicted molar refractivity (Wildman–Crippen MR) is 91.0 cm³/mol. The number of methoxy groups -OCH3 is 1. The van der Waals surface area contributed by atoms with Gasteiger partial charge in [-0.3, -0.25) is 4.79 Å². The molecular weight excluding hydrogens is 342 g/mol. The fraction of sp³-hybridized carbons (Fsp3) is 0.562. The zero-order valence-corrected chi connectivity index (χ0v) is 14.9. The standard InChI is InChI=1S/C16H24F2N2O3.ClH/c1-10(2)8-12(19)15(21)20-7-6-11-4-5-13(22-3)14(9-11)23-16(17)18;/h4-5,9-10,12,16H,6-8,19H2,1-3H3,(H,20,21);1H/t12-;/m0./s1. The molecule has 0 unspecified atom stereocenters. The second kappa shape index (κ2) is 11.0. The lowest BCUT2D eigenvalue weighted by atomic mass is 10.0. The topological polar surface area (TPSA) is 73.6 Å². The highest BCUT2D eigenvalue weighted by molar-refractivity contribution is 5.85. The molecule has 24 heavy (non-hydrogen) atoms. The predicted octanol–water partition coefficient (Wildman–Crippen LogP) is 2.75. The summed E-state index contributed by atoms with van der Waals surface area (Å²) in [6.45, 7) is 1.43. The van der Waals surface area contributed by atoms with Gasteiger partial charge in [0.15, 0.2) is 11.5 Å². The van der Waals surface area contributed by atoms with Crippen molar-refractivity contribution in [1.29, 1.82) is 0 Å². The van der Waals surface area contributed by atoms with Gasteiger partial charge >= 0.3 is 6.61 Å². The summed E-state index contributed by atoms with van der Waals surface area (Å²) in [5.41, 5.74) is 6.53. The van der Waals surface area contributed by atoms with Gasteiger partial charge in [-0.1, -0.05) is 19.9 Å². The molecule has 0 aliphatic rings. The Morgan fingerprint density at radius 1 is 1.29 bits per heavy atom. The van der Waals surface area contributed by atoms with Gasteiger partial charge < -0.3 is 20.5 Å². The highest BCUT2D eigenvalue weighted by Crippen LogP contribution is 2.29. The quantitative estimate of drug-likeness (QED) is 0.704. The number of rotatable bonds is 9. The number of halogens is 3. The molecule has 0 spiro atoms. The Morgan fingerprint density at radius 2 is 1.96 bits per heavy atom. The van der Waals surface area contributed by atoms with Crippen molar-refractivity contribution in [3.8, 4) is 11.5 Å². The number of carbonyl (C=O) groups excluding carboxylic acids is 1. The molecule has 0 heterocycles. The first-order chi connectivity index (χ1) is 10.8. The third-order valence-electron chi connectivity index (χ3n) is 3.22. The minimum Gasteiger partial charge on any atom is -0.493 e. The van der Waals surface area contributed by atoms with Gasteiger partial charge in [-0.25, -0.2) is 0 Å². The number of amides is 1. The van der Waals surface area contributed by atoms with Crippen LogP contribution in [0.3, 0.4) is 0 Å². The molecule has 0 saturated heterocycles. The summed E-state index contributed by atoms with van der Waals surface area (Å²) in [5.74, 6) is 0.336. The molecule has 5 nitrogen and oxygen atoms in total. The summed E-state index contributed by atoms with van der Waals surface area (Å²) in [5, 5.41) is 2.74. The molecule has 1 aromatic carbocycles. The maximum absolute atomic E-state index is 12.4. The van der Waals surface area contributed by atoms with Gasteiger partial charge in [0.25, 0.3) is 0 Å². The van der Waals surface area contributed by atoms with Crippen LogP contribution in [0.25, 0.3) is 0 Å². The normalized spacial score (nSPS) is 11.8. The van der Waals surface area contributed by atoms with Gasteiger partial charge in [-0.15, -0.1) is 12.4 Å². The summed E-state index contributed by atoms with van der Waals surface area (Å²) in [7, 11) is 1.38. The van der Waals surface area contributed by atoms with Crippen LogP contribution in [0.1, 0.15) is 25.8 Å². The Kier molecular flexibility index (Phi) is 10.3. The van der Waals surface area contributed by atoms with Gasteiger partial charge in [-0.05, 0) is 36.5 Å². The van der Waals surface area contributed by atoms with E-state index in [1.165, 1.54) is 13.2 Å². The Bertz CT molecular complexity index is 516. The minimum absolute atomic E-state index is 0. The van der Waals surface area contributed by atoms with E-state index in [-0.39, 0.29) is 29.8 Å². The number of hydrogen-bond acceptors (Lipinski definition) is 4. The van der Waals surface area contributed by atoms with E-state index in [1.807, 2.05) is 13.8 Å². The molecule has 1 atom stereocenters. The number of nitrogens with one attached hydrogen (secondary N) is 1. The molecule has 0 aromatic heterocycles. The summed E-state index contributed by atoms with van der Waals surface area (Å²) < 4.78 is 34.1. The van der Waals surface area contributed by atoms with E-state index in [1.54, 1.807) is 12.1 Å². The Hall–Kier alpha value is -1.60. The molecule has 1 aromatic rings. The first kappa shape index (κ1) is 22.4. The molecule has 0 aliphatic carbocycles. The van der Waals surface area contributed by atoms with Crippen molar-refractivity contribution < 1.29 is 23.0 Å². The minimum atomic E-state index is -2.92. The van der Waals surface area contributed by atoms with Crippen LogP contribution in [0.15, 0.2) is 18.2 Å². The average Bonchev–Trinajstić information content (AvgIpc) is 2.46. The highest BCUT2D eigenvalue weighted by atomic mass is 35.5. The molecule has 3 N–H and O–H groups in total. The number of alkyl halides is 2. The fourth-order valence-corrected chi connectivity index (χ4v) is 2.14. The van der Waals surface area contributed by atoms with Crippen LogP contribution in [0.5, 0.6) is 11.5 Å². The Morgan fingerprint density at radius 3 is 2.50 bits per heavy atom. The molecule has 0 bridgehead atoms. The lowest BCUT2D eigenvalue weighted by Crippen LogP contribution is -2.42. The summed E-state index contributed by atoms with van der Waals surface area (Å²) in [6, 6.07) is 4.23. The van der Waals surface area contributed by atoms with Crippen molar-refractivity contribution in [3.05, 3.63) is 23.8 Å². The molecule has 0 fully saturated rings. The second-order valence-corrected chi connectivity index (χ2v) is 5.64. The van der Waals surface area contributed by atoms with Gasteiger partial charge in [0, 0.05) is 6.54 Å². The van der Waals surface area contributed by atoms with Crippen LogP contribution in [-0.2, 0) is 11.2 Å². The molecule has 0 saturated carbocycles. The lowest BCUT2D eigenvalue weighted by molar-refractivity contribution is -0.122. The van der Waals surface area contributed by atoms with E-state index < -0.39 is 12.7 Å². The van der Waals surface area contributed by atoms with Crippen molar-refractivity contribution in [3.63, 3.8) is 0 Å². The van der Waals surface area contributed by atoms with E-state index in [9.17, 15) is 13.6 Å². The molecule has 0 radical (unpaired) electrons. The van der Waals surface area contributed by atoms with Crippen molar-refractivity contribution in [1.82, 2.24) is 5.32 Å². The van der Waals surface area contributed by atoms with E-state index in [2.05, 4.69) is 10.1 Å². The molecular formula is C16H25ClF2N2O3. The highest BCUT2D eigenvalue weighted by Gasteiger charge is 2.15. The first-order valence-electron chi connectivity index (χ1n) is 7.48. The zero-order valence-electron chi connectivity index (χ0n) is 14.1. The second-order valence-electron chi connectivity index (χ2n) is 5.64. The van der Waals surface area contributed by atoms with Crippen molar-refractivity contribution in [2.75, 3.05) is 13.7 Å². The largest absolute Gasteiger partial charge is 0.493 e. The number of nitrogens with two attached hydrogens (primary N) is 1. The van der Waals surface area contributed by atoms with Crippen LogP contribution in [-0.4, -0.2) is 32.2 Å². The SMILES string of the molecule is COc1ccc(CCNC(=O)[C@@H](N)CC(C)C)cc1OC(F)F.Cl. The van der Waals surface area contributed by atoms with E-state index in [0.717, 1.165) is 5.56 Å². The molecule has 1 rings (SSSR count). The lowest BCUT2D eigenvalue weighted by Gasteiger charge is -2.15. The third kappa shape index (κ3) is 7.79. The van der Waals surface area contributed by atoms with Gasteiger partial charge in [-0.2, -0.15) is 8.78 Å². The number of hydrogen-bond donors (Lipinski definition) is 2. The van der Waals surface area contributed by atoms with Crippen LogP contribution >= 0.6 is 12.4 Å². The Labute approximate surface area is 147 Å². The number of ether oxygens (including phenoxy) is 2. The molecule has 8 heteroatoms. The van der Waals surface area contributed by atoms with Crippen molar-refractivity contribution >= 4 is 18.3 Å². The fourth-order valence-electron chi connectivity index (χ4n) is 2.14. The number of carbonyl (C=O) groups is 1. The van der Waals surface area contributed by atoms with E-state index >= 15 is 0 Å². The van der Waals surface area contributed by atoms with Crippen molar-refractivity contribution in [2.24, 2.45) is 11.7 Å². The summed E-state index contributed by atoms with van der Waals surface area (Å²) in [4.78, 5) is 11.8. The van der Waals surface area contributed by atoms with E-state index in [4.69, 9.17) is 10.5 Å². The maximum Gasteiger partial charge on any atom is 0.387 e. The Balaban J connectivity index is 0.00000529. The molecule has 138 valence electrons. The smallest absolute Gasteiger partial charge is 0.387 e. The third-order valence-corrected chi connectivity index (χ3v) is 3.22. The summed E-state index contributed by atoms with van der Waals surface area (Å²) in [6.07, 6.45) is 1.09. The monoisotopic (exact) mass is 366 g/mol. The van der Waals surface area contributed by atoms with Crippen LogP contribution in [0, 0.1) is 5.92 Å². The molecule has 0 aliphatic heterocycles.